The molecule has 4 atom stereocenters. The second kappa shape index (κ2) is 9.59. The summed E-state index contributed by atoms with van der Waals surface area (Å²) in [6.07, 6.45) is 9.44. The van der Waals surface area contributed by atoms with Gasteiger partial charge in [0.15, 0.2) is 0 Å². The predicted octanol–water partition coefficient (Wildman–Crippen LogP) is 6.86. The summed E-state index contributed by atoms with van der Waals surface area (Å²) in [4.78, 5) is 0. The van der Waals surface area contributed by atoms with E-state index in [1.807, 2.05) is 6.08 Å². The van der Waals surface area contributed by atoms with E-state index in [9.17, 15) is 0 Å². The Hall–Kier alpha value is -0.423. The predicted molar refractivity (Wildman–Crippen MR) is 121 cm³/mol. The number of hydrogen-bond acceptors (Lipinski definition) is 3. The molecule has 3 nitrogen and oxygen atoms in total. The topological polar surface area (TPSA) is 27.7 Å². The summed E-state index contributed by atoms with van der Waals surface area (Å²) < 4.78 is 18.7. The van der Waals surface area contributed by atoms with Crippen molar-refractivity contribution >= 4 is 8.32 Å². The Balaban J connectivity index is 2.39. The van der Waals surface area contributed by atoms with E-state index in [1.165, 1.54) is 18.4 Å². The van der Waals surface area contributed by atoms with Crippen LogP contribution >= 0.6 is 0 Å². The van der Waals surface area contributed by atoms with Gasteiger partial charge in [0.1, 0.15) is 6.79 Å². The van der Waals surface area contributed by atoms with Crippen LogP contribution < -0.4 is 0 Å². The van der Waals surface area contributed by atoms with Crippen molar-refractivity contribution in [2.45, 2.75) is 103 Å². The Bertz CT molecular complexity index is 532. The molecule has 0 amide bonds. The van der Waals surface area contributed by atoms with Crippen molar-refractivity contribution in [3.63, 3.8) is 0 Å². The van der Waals surface area contributed by atoms with Crippen LogP contribution in [0.15, 0.2) is 24.3 Å². The zero-order chi connectivity index (χ0) is 21.1. The first kappa shape index (κ1) is 23.9. The molecule has 2 aliphatic carbocycles. The Morgan fingerprint density at radius 2 is 1.75 bits per heavy atom. The van der Waals surface area contributed by atoms with Gasteiger partial charge >= 0.3 is 0 Å². The Kier molecular flexibility index (Phi) is 8.17. The maximum atomic E-state index is 7.25. The molecule has 0 aromatic rings. The third-order valence-electron chi connectivity index (χ3n) is 7.63. The first-order valence-electron chi connectivity index (χ1n) is 11.3. The number of hydrogen-bond donors (Lipinski definition) is 0. The van der Waals surface area contributed by atoms with Crippen molar-refractivity contribution in [3.8, 4) is 0 Å². The van der Waals surface area contributed by atoms with E-state index in [-0.39, 0.29) is 17.6 Å². The molecule has 2 aliphatic rings. The van der Waals surface area contributed by atoms with E-state index in [4.69, 9.17) is 13.9 Å². The number of ether oxygens (including phenoxy) is 2. The van der Waals surface area contributed by atoms with Crippen molar-refractivity contribution in [2.24, 2.45) is 11.3 Å². The molecule has 0 radical (unpaired) electrons. The van der Waals surface area contributed by atoms with Crippen LogP contribution in [0.3, 0.4) is 0 Å². The van der Waals surface area contributed by atoms with E-state index < -0.39 is 8.32 Å². The van der Waals surface area contributed by atoms with Gasteiger partial charge in [-0.1, -0.05) is 73.6 Å². The maximum absolute atomic E-state index is 7.25. The summed E-state index contributed by atoms with van der Waals surface area (Å²) >= 11 is 0. The fourth-order valence-corrected chi connectivity index (χ4v) is 11.8. The van der Waals surface area contributed by atoms with E-state index in [2.05, 4.69) is 61.1 Å². The van der Waals surface area contributed by atoms with Crippen LogP contribution in [0.25, 0.3) is 0 Å². The summed E-state index contributed by atoms with van der Waals surface area (Å²) in [6.45, 7) is 21.1. The molecule has 1 saturated carbocycles. The van der Waals surface area contributed by atoms with Crippen LogP contribution in [-0.2, 0) is 13.9 Å². The van der Waals surface area contributed by atoms with Crippen LogP contribution in [0, 0.1) is 11.3 Å². The molecule has 0 N–H and O–H groups in total. The van der Waals surface area contributed by atoms with Gasteiger partial charge in [0.2, 0.25) is 8.32 Å². The van der Waals surface area contributed by atoms with Crippen molar-refractivity contribution < 1.29 is 13.9 Å². The number of allylic oxidation sites excluding steroid dienone is 1. The SMILES string of the molecule is C=CC1=C[C@@H]2CCC[C@H](OCOC)[C@@]2(C)C[C@@H]1O[Si](C(C)C)(C(C)C)C(C)C. The number of rotatable bonds is 9. The van der Waals surface area contributed by atoms with Crippen LogP contribution in [0.4, 0.5) is 0 Å². The van der Waals surface area contributed by atoms with Crippen molar-refractivity contribution in [2.75, 3.05) is 13.9 Å². The van der Waals surface area contributed by atoms with Gasteiger partial charge in [-0.15, -0.1) is 0 Å². The number of fused-ring (bicyclic) bond motifs is 1. The molecule has 0 bridgehead atoms. The van der Waals surface area contributed by atoms with E-state index in [0.29, 0.717) is 29.3 Å². The van der Waals surface area contributed by atoms with Crippen LogP contribution in [-0.4, -0.2) is 34.4 Å². The van der Waals surface area contributed by atoms with Crippen LogP contribution in [0.5, 0.6) is 0 Å². The Morgan fingerprint density at radius 3 is 2.25 bits per heavy atom. The van der Waals surface area contributed by atoms with Gasteiger partial charge in [0.05, 0.1) is 12.2 Å². The lowest BCUT2D eigenvalue weighted by Crippen LogP contribution is -2.54. The van der Waals surface area contributed by atoms with Gasteiger partial charge < -0.3 is 13.9 Å². The first-order valence-corrected chi connectivity index (χ1v) is 13.4. The fourth-order valence-electron chi connectivity index (χ4n) is 6.22. The minimum absolute atomic E-state index is 0.0963. The Labute approximate surface area is 175 Å². The number of methoxy groups -OCH3 is 1. The molecule has 0 spiro atoms. The molecule has 0 saturated heterocycles. The zero-order valence-corrected chi connectivity index (χ0v) is 20.6. The highest BCUT2D eigenvalue weighted by molar-refractivity contribution is 6.77. The van der Waals surface area contributed by atoms with Crippen LogP contribution in [0.2, 0.25) is 16.6 Å². The highest BCUT2D eigenvalue weighted by Gasteiger charge is 2.52. The van der Waals surface area contributed by atoms with E-state index in [1.54, 1.807) is 7.11 Å². The minimum atomic E-state index is -1.96. The lowest BCUT2D eigenvalue weighted by atomic mass is 9.59. The molecular formula is C24H44O3Si. The second-order valence-corrected chi connectivity index (χ2v) is 15.5. The van der Waals surface area contributed by atoms with Gasteiger partial charge in [0, 0.05) is 12.5 Å². The Morgan fingerprint density at radius 1 is 1.14 bits per heavy atom. The lowest BCUT2D eigenvalue weighted by molar-refractivity contribution is -0.149. The molecule has 0 unspecified atom stereocenters. The molecule has 0 heterocycles. The molecule has 0 aromatic carbocycles. The van der Waals surface area contributed by atoms with E-state index >= 15 is 0 Å². The standard InChI is InChI=1S/C24H44O3Si/c1-10-20-14-21-12-11-13-23(26-16-25-9)24(21,8)15-22(20)27-28(17(2)3,18(4)5)19(6)7/h10,14,17-19,21-23H,1,11-13,15-16H2,2-9H3/t21-,22-,23-,24-/m0/s1. The van der Waals surface area contributed by atoms with Gasteiger partial charge in [0.25, 0.3) is 0 Å². The van der Waals surface area contributed by atoms with Gasteiger partial charge in [-0.2, -0.15) is 0 Å². The quantitative estimate of drug-likeness (QED) is 0.308. The normalized spacial score (nSPS) is 31.2. The molecule has 1 fully saturated rings. The van der Waals surface area contributed by atoms with Crippen molar-refractivity contribution in [1.29, 1.82) is 0 Å². The van der Waals surface area contributed by atoms with Gasteiger partial charge in [-0.05, 0) is 47.4 Å². The summed E-state index contributed by atoms with van der Waals surface area (Å²) in [5.41, 5.74) is 3.13. The highest BCUT2D eigenvalue weighted by Crippen LogP contribution is 2.53. The average molecular weight is 409 g/mol. The van der Waals surface area contributed by atoms with E-state index in [0.717, 1.165) is 12.8 Å². The second-order valence-electron chi connectivity index (χ2n) is 10.1. The average Bonchev–Trinajstić information content (AvgIpc) is 2.62. The summed E-state index contributed by atoms with van der Waals surface area (Å²) in [7, 11) is -0.257. The maximum Gasteiger partial charge on any atom is 0.201 e. The molecular weight excluding hydrogens is 364 g/mol. The molecule has 0 aliphatic heterocycles. The molecule has 2 rings (SSSR count). The minimum Gasteiger partial charge on any atom is -0.409 e. The lowest BCUT2D eigenvalue weighted by Gasteiger charge is -2.53. The van der Waals surface area contributed by atoms with Gasteiger partial charge in [-0.3, -0.25) is 0 Å². The largest absolute Gasteiger partial charge is 0.409 e. The fraction of sp³-hybridized carbons (Fsp3) is 0.833. The summed E-state index contributed by atoms with van der Waals surface area (Å²) in [6, 6.07) is 0. The third-order valence-corrected chi connectivity index (χ3v) is 13.7. The molecule has 162 valence electrons. The summed E-state index contributed by atoms with van der Waals surface area (Å²) in [5.74, 6) is 0.532. The zero-order valence-electron chi connectivity index (χ0n) is 19.6. The monoisotopic (exact) mass is 408 g/mol. The first-order chi connectivity index (χ1) is 13.1. The van der Waals surface area contributed by atoms with Gasteiger partial charge in [-0.25, -0.2) is 0 Å². The van der Waals surface area contributed by atoms with Crippen LogP contribution in [0.1, 0.15) is 74.1 Å². The summed E-state index contributed by atoms with van der Waals surface area (Å²) in [5, 5.41) is 0. The molecule has 4 heteroatoms. The third kappa shape index (κ3) is 4.35. The highest BCUT2D eigenvalue weighted by atomic mass is 28.4. The molecule has 28 heavy (non-hydrogen) atoms. The van der Waals surface area contributed by atoms with Crippen molar-refractivity contribution in [1.82, 2.24) is 0 Å². The molecule has 0 aromatic heterocycles. The van der Waals surface area contributed by atoms with Crippen molar-refractivity contribution in [3.05, 3.63) is 24.3 Å². The smallest absolute Gasteiger partial charge is 0.201 e.